The van der Waals surface area contributed by atoms with Crippen molar-refractivity contribution in [3.8, 4) is 0 Å². The topological polar surface area (TPSA) is 98.5 Å². The van der Waals surface area contributed by atoms with Crippen molar-refractivity contribution in [1.82, 2.24) is 5.32 Å². The molecule has 0 aliphatic rings. The molecule has 1 rings (SSSR count). The summed E-state index contributed by atoms with van der Waals surface area (Å²) in [5.74, 6) is -1.14. The summed E-state index contributed by atoms with van der Waals surface area (Å²) in [6.45, 7) is 2.95. The van der Waals surface area contributed by atoms with E-state index in [0.717, 1.165) is 0 Å². The number of rotatable bonds is 4. The lowest BCUT2D eigenvalue weighted by molar-refractivity contribution is -0.385. The molecule has 0 aromatic heterocycles. The van der Waals surface area contributed by atoms with Crippen LogP contribution < -0.4 is 5.32 Å². The summed E-state index contributed by atoms with van der Waals surface area (Å²) in [6, 6.07) is 3.37. The highest BCUT2D eigenvalue weighted by molar-refractivity contribution is 5.98. The number of nitro groups is 1. The van der Waals surface area contributed by atoms with Crippen molar-refractivity contribution in [3.63, 3.8) is 0 Å². The number of carbonyl (C=O) groups is 2. The van der Waals surface area contributed by atoms with Crippen LogP contribution in [0.1, 0.15) is 22.8 Å². The Labute approximate surface area is 109 Å². The van der Waals surface area contributed by atoms with Crippen molar-refractivity contribution in [1.29, 1.82) is 0 Å². The fourth-order valence-electron chi connectivity index (χ4n) is 1.58. The number of esters is 1. The van der Waals surface area contributed by atoms with Crippen LogP contribution in [-0.2, 0) is 9.53 Å². The second kappa shape index (κ2) is 5.94. The van der Waals surface area contributed by atoms with E-state index in [9.17, 15) is 19.7 Å². The molecule has 7 nitrogen and oxygen atoms in total. The summed E-state index contributed by atoms with van der Waals surface area (Å²) in [4.78, 5) is 33.3. The lowest BCUT2D eigenvalue weighted by Crippen LogP contribution is -2.39. The lowest BCUT2D eigenvalue weighted by atomic mass is 10.1. The molecule has 0 aliphatic heterocycles. The molecule has 1 N–H and O–H groups in total. The first-order valence-electron chi connectivity index (χ1n) is 5.51. The smallest absolute Gasteiger partial charge is 0.328 e. The monoisotopic (exact) mass is 266 g/mol. The third-order valence-corrected chi connectivity index (χ3v) is 2.65. The van der Waals surface area contributed by atoms with E-state index >= 15 is 0 Å². The predicted octanol–water partition coefficient (Wildman–Crippen LogP) is 1.19. The first kappa shape index (κ1) is 14.6. The summed E-state index contributed by atoms with van der Waals surface area (Å²) in [5, 5.41) is 13.2. The van der Waals surface area contributed by atoms with Crippen molar-refractivity contribution < 1.29 is 19.2 Å². The Bertz CT molecular complexity index is 527. The summed E-state index contributed by atoms with van der Waals surface area (Å²) in [5.41, 5.74) is 0.269. The predicted molar refractivity (Wildman–Crippen MR) is 66.8 cm³/mol. The van der Waals surface area contributed by atoms with Crippen LogP contribution in [0.4, 0.5) is 5.69 Å². The maximum absolute atomic E-state index is 11.9. The van der Waals surface area contributed by atoms with Crippen molar-refractivity contribution in [3.05, 3.63) is 39.4 Å². The molecule has 1 amide bonds. The highest BCUT2D eigenvalue weighted by Gasteiger charge is 2.21. The van der Waals surface area contributed by atoms with E-state index in [1.807, 2.05) is 0 Å². The van der Waals surface area contributed by atoms with Gasteiger partial charge in [-0.15, -0.1) is 0 Å². The largest absolute Gasteiger partial charge is 0.467 e. The maximum atomic E-state index is 11.9. The number of hydrogen-bond donors (Lipinski definition) is 1. The number of nitrogens with zero attached hydrogens (tertiary/aromatic N) is 1. The molecule has 0 bridgehead atoms. The van der Waals surface area contributed by atoms with Gasteiger partial charge in [-0.25, -0.2) is 4.79 Å². The zero-order valence-electron chi connectivity index (χ0n) is 10.8. The first-order valence-corrected chi connectivity index (χ1v) is 5.51. The Morgan fingerprint density at radius 1 is 1.42 bits per heavy atom. The highest BCUT2D eigenvalue weighted by Crippen LogP contribution is 2.20. The molecule has 0 fully saturated rings. The van der Waals surface area contributed by atoms with Gasteiger partial charge in [0.15, 0.2) is 0 Å². The van der Waals surface area contributed by atoms with Gasteiger partial charge in [0.2, 0.25) is 0 Å². The Balaban J connectivity index is 2.98. The summed E-state index contributed by atoms with van der Waals surface area (Å²) in [7, 11) is 1.21. The number of benzene rings is 1. The van der Waals surface area contributed by atoms with Crippen LogP contribution >= 0.6 is 0 Å². The quantitative estimate of drug-likeness (QED) is 0.501. The van der Waals surface area contributed by atoms with Gasteiger partial charge >= 0.3 is 5.97 Å². The second-order valence-corrected chi connectivity index (χ2v) is 3.93. The Morgan fingerprint density at radius 3 is 2.58 bits per heavy atom. The van der Waals surface area contributed by atoms with Crippen LogP contribution in [0.5, 0.6) is 0 Å². The van der Waals surface area contributed by atoms with Crippen LogP contribution in [-0.4, -0.2) is 30.0 Å². The lowest BCUT2D eigenvalue weighted by Gasteiger charge is -2.12. The van der Waals surface area contributed by atoms with E-state index in [2.05, 4.69) is 10.1 Å². The van der Waals surface area contributed by atoms with Crippen LogP contribution in [0.25, 0.3) is 0 Å². The molecule has 7 heteroatoms. The molecule has 0 saturated heterocycles. The minimum Gasteiger partial charge on any atom is -0.467 e. The number of ether oxygens (including phenoxy) is 1. The number of nitrogens with one attached hydrogen (secondary N) is 1. The average molecular weight is 266 g/mol. The minimum absolute atomic E-state index is 0.140. The normalized spacial score (nSPS) is 11.5. The number of hydrogen-bond acceptors (Lipinski definition) is 5. The summed E-state index contributed by atoms with van der Waals surface area (Å²) < 4.78 is 4.48. The maximum Gasteiger partial charge on any atom is 0.328 e. The van der Waals surface area contributed by atoms with Crippen LogP contribution in [0.15, 0.2) is 18.2 Å². The van der Waals surface area contributed by atoms with Crippen molar-refractivity contribution >= 4 is 17.6 Å². The Kier molecular flexibility index (Phi) is 4.57. The Hall–Kier alpha value is -2.44. The third kappa shape index (κ3) is 3.27. The molecule has 0 aliphatic carbocycles. The molecule has 0 saturated carbocycles. The van der Waals surface area contributed by atoms with E-state index < -0.39 is 22.8 Å². The van der Waals surface area contributed by atoms with E-state index in [0.29, 0.717) is 0 Å². The second-order valence-electron chi connectivity index (χ2n) is 3.93. The van der Waals surface area contributed by atoms with Crippen LogP contribution in [0.3, 0.4) is 0 Å². The van der Waals surface area contributed by atoms with Crippen LogP contribution in [0.2, 0.25) is 0 Å². The SMILES string of the molecule is COC(=O)C(C)NC(=O)c1cccc([N+](=O)[O-])c1C. The minimum atomic E-state index is -0.823. The first-order chi connectivity index (χ1) is 8.88. The highest BCUT2D eigenvalue weighted by atomic mass is 16.6. The molecule has 1 unspecified atom stereocenters. The molecule has 1 aromatic rings. The number of nitro benzene ring substituents is 1. The average Bonchev–Trinajstić information content (AvgIpc) is 2.37. The number of carbonyl (C=O) groups excluding carboxylic acids is 2. The van der Waals surface area contributed by atoms with Gasteiger partial charge in [-0.1, -0.05) is 6.07 Å². The zero-order chi connectivity index (χ0) is 14.6. The van der Waals surface area contributed by atoms with E-state index in [1.54, 1.807) is 0 Å². The van der Waals surface area contributed by atoms with Crippen molar-refractivity contribution in [2.75, 3.05) is 7.11 Å². The standard InChI is InChI=1S/C12H14N2O5/c1-7-9(5-4-6-10(7)14(17)18)11(15)13-8(2)12(16)19-3/h4-6,8H,1-3H3,(H,13,15). The van der Waals surface area contributed by atoms with Gasteiger partial charge in [-0.3, -0.25) is 14.9 Å². The van der Waals surface area contributed by atoms with E-state index in [-0.39, 0.29) is 16.8 Å². The molecule has 0 spiro atoms. The molecule has 0 heterocycles. The molecule has 19 heavy (non-hydrogen) atoms. The summed E-state index contributed by atoms with van der Waals surface area (Å²) >= 11 is 0. The van der Waals surface area contributed by atoms with Gasteiger partial charge in [0.1, 0.15) is 6.04 Å². The van der Waals surface area contributed by atoms with Gasteiger partial charge in [-0.2, -0.15) is 0 Å². The molecular formula is C12H14N2O5. The zero-order valence-corrected chi connectivity index (χ0v) is 10.8. The van der Waals surface area contributed by atoms with Gasteiger partial charge in [0.25, 0.3) is 11.6 Å². The van der Waals surface area contributed by atoms with E-state index in [4.69, 9.17) is 0 Å². The molecular weight excluding hydrogens is 252 g/mol. The van der Waals surface area contributed by atoms with Gasteiger partial charge < -0.3 is 10.1 Å². The fraction of sp³-hybridized carbons (Fsp3) is 0.333. The van der Waals surface area contributed by atoms with E-state index in [1.165, 1.54) is 39.2 Å². The fourth-order valence-corrected chi connectivity index (χ4v) is 1.58. The van der Waals surface area contributed by atoms with Crippen molar-refractivity contribution in [2.24, 2.45) is 0 Å². The Morgan fingerprint density at radius 2 is 2.05 bits per heavy atom. The van der Waals surface area contributed by atoms with Gasteiger partial charge in [0.05, 0.1) is 12.0 Å². The molecule has 1 atom stereocenters. The molecule has 1 aromatic carbocycles. The van der Waals surface area contributed by atoms with Crippen LogP contribution in [0, 0.1) is 17.0 Å². The molecule has 0 radical (unpaired) electrons. The molecule has 102 valence electrons. The van der Waals surface area contributed by atoms with Gasteiger partial charge in [0, 0.05) is 17.2 Å². The number of methoxy groups -OCH3 is 1. The van der Waals surface area contributed by atoms with Gasteiger partial charge in [-0.05, 0) is 19.9 Å². The third-order valence-electron chi connectivity index (χ3n) is 2.65. The van der Waals surface area contributed by atoms with Crippen molar-refractivity contribution in [2.45, 2.75) is 19.9 Å². The number of amides is 1. The summed E-state index contributed by atoms with van der Waals surface area (Å²) in [6.07, 6.45) is 0.